The van der Waals surface area contributed by atoms with Crippen LogP contribution >= 0.6 is 0 Å². The van der Waals surface area contributed by atoms with Crippen molar-refractivity contribution in [1.82, 2.24) is 4.90 Å². The first kappa shape index (κ1) is 14.5. The summed E-state index contributed by atoms with van der Waals surface area (Å²) in [6, 6.07) is 7.48. The van der Waals surface area contributed by atoms with Gasteiger partial charge in [0.05, 0.1) is 25.9 Å². The zero-order valence-electron chi connectivity index (χ0n) is 10.5. The van der Waals surface area contributed by atoms with E-state index in [-0.39, 0.29) is 13.2 Å². The number of benzene rings is 1. The van der Waals surface area contributed by atoms with Crippen LogP contribution in [-0.4, -0.2) is 48.5 Å². The SMILES string of the molecule is COc1ccc(CN(CCO)CCO)cc1C#N. The Bertz CT molecular complexity index is 409. The number of aliphatic hydroxyl groups excluding tert-OH is 2. The molecule has 0 aliphatic carbocycles. The van der Waals surface area contributed by atoms with E-state index in [1.165, 1.54) is 7.11 Å². The third-order valence-corrected chi connectivity index (χ3v) is 2.62. The lowest BCUT2D eigenvalue weighted by Gasteiger charge is -2.20. The molecule has 5 nitrogen and oxygen atoms in total. The summed E-state index contributed by atoms with van der Waals surface area (Å²) in [5.41, 5.74) is 1.44. The summed E-state index contributed by atoms with van der Waals surface area (Å²) in [6.45, 7) is 1.66. The molecule has 1 rings (SSSR count). The topological polar surface area (TPSA) is 76.7 Å². The Labute approximate surface area is 107 Å². The Morgan fingerprint density at radius 1 is 1.28 bits per heavy atom. The van der Waals surface area contributed by atoms with Crippen LogP contribution in [0.25, 0.3) is 0 Å². The minimum Gasteiger partial charge on any atom is -0.495 e. The molecule has 0 bridgehead atoms. The average Bonchev–Trinajstić information content (AvgIpc) is 2.39. The second-order valence-corrected chi connectivity index (χ2v) is 3.87. The Morgan fingerprint density at radius 3 is 2.44 bits per heavy atom. The van der Waals surface area contributed by atoms with E-state index < -0.39 is 0 Å². The zero-order chi connectivity index (χ0) is 13.4. The molecule has 0 heterocycles. The highest BCUT2D eigenvalue weighted by atomic mass is 16.5. The van der Waals surface area contributed by atoms with E-state index in [9.17, 15) is 0 Å². The van der Waals surface area contributed by atoms with Gasteiger partial charge in [0, 0.05) is 19.6 Å². The normalized spacial score (nSPS) is 10.4. The van der Waals surface area contributed by atoms with Crippen molar-refractivity contribution in [2.24, 2.45) is 0 Å². The van der Waals surface area contributed by atoms with Crippen molar-refractivity contribution >= 4 is 0 Å². The predicted molar refractivity (Wildman–Crippen MR) is 67.2 cm³/mol. The molecule has 5 heteroatoms. The van der Waals surface area contributed by atoms with E-state index in [1.54, 1.807) is 12.1 Å². The van der Waals surface area contributed by atoms with Crippen molar-refractivity contribution in [2.45, 2.75) is 6.54 Å². The van der Waals surface area contributed by atoms with Gasteiger partial charge in [-0.3, -0.25) is 4.90 Å². The Kier molecular flexibility index (Phi) is 6.15. The Morgan fingerprint density at radius 2 is 1.94 bits per heavy atom. The van der Waals surface area contributed by atoms with Gasteiger partial charge in [0.15, 0.2) is 0 Å². The minimum atomic E-state index is 0.0429. The Hall–Kier alpha value is -1.61. The standard InChI is InChI=1S/C13H18N2O3/c1-18-13-3-2-11(8-12(13)9-14)10-15(4-6-16)5-7-17/h2-3,8,16-17H,4-7,10H2,1H3. The smallest absolute Gasteiger partial charge is 0.136 e. The van der Waals surface area contributed by atoms with Crippen molar-refractivity contribution < 1.29 is 14.9 Å². The maximum Gasteiger partial charge on any atom is 0.136 e. The number of hydrogen-bond donors (Lipinski definition) is 2. The summed E-state index contributed by atoms with van der Waals surface area (Å²) < 4.78 is 5.08. The molecule has 0 fully saturated rings. The second kappa shape index (κ2) is 7.67. The molecule has 98 valence electrons. The first-order valence-electron chi connectivity index (χ1n) is 5.76. The molecule has 0 aliphatic heterocycles. The van der Waals surface area contributed by atoms with Crippen molar-refractivity contribution in [3.8, 4) is 11.8 Å². The third kappa shape index (κ3) is 4.00. The van der Waals surface area contributed by atoms with Gasteiger partial charge in [0.1, 0.15) is 11.8 Å². The van der Waals surface area contributed by atoms with Crippen LogP contribution in [0.1, 0.15) is 11.1 Å². The molecular weight excluding hydrogens is 232 g/mol. The molecule has 0 spiro atoms. The number of aliphatic hydroxyl groups is 2. The van der Waals surface area contributed by atoms with Gasteiger partial charge in [0.2, 0.25) is 0 Å². The van der Waals surface area contributed by atoms with Crippen molar-refractivity contribution in [1.29, 1.82) is 5.26 Å². The maximum absolute atomic E-state index is 8.99. The average molecular weight is 250 g/mol. The van der Waals surface area contributed by atoms with Crippen molar-refractivity contribution in [2.75, 3.05) is 33.4 Å². The van der Waals surface area contributed by atoms with Crippen molar-refractivity contribution in [3.05, 3.63) is 29.3 Å². The Balaban J connectivity index is 2.80. The molecule has 1 aromatic carbocycles. The molecule has 0 radical (unpaired) electrons. The molecule has 0 amide bonds. The maximum atomic E-state index is 8.99. The lowest BCUT2D eigenvalue weighted by Crippen LogP contribution is -2.29. The van der Waals surface area contributed by atoms with Gasteiger partial charge in [-0.2, -0.15) is 5.26 Å². The lowest BCUT2D eigenvalue weighted by molar-refractivity contribution is 0.156. The van der Waals surface area contributed by atoms with Gasteiger partial charge < -0.3 is 14.9 Å². The number of nitriles is 1. The highest BCUT2D eigenvalue weighted by Gasteiger charge is 2.08. The summed E-state index contributed by atoms with van der Waals surface area (Å²) >= 11 is 0. The number of rotatable bonds is 7. The first-order chi connectivity index (χ1) is 8.74. The summed E-state index contributed by atoms with van der Waals surface area (Å²) in [5, 5.41) is 26.8. The van der Waals surface area contributed by atoms with E-state index in [0.29, 0.717) is 30.9 Å². The number of hydrogen-bond acceptors (Lipinski definition) is 5. The van der Waals surface area contributed by atoms with Gasteiger partial charge >= 0.3 is 0 Å². The minimum absolute atomic E-state index is 0.0429. The largest absolute Gasteiger partial charge is 0.495 e. The predicted octanol–water partition coefficient (Wildman–Crippen LogP) is 0.353. The fraction of sp³-hybridized carbons (Fsp3) is 0.462. The highest BCUT2D eigenvalue weighted by molar-refractivity contribution is 5.45. The summed E-state index contributed by atoms with van der Waals surface area (Å²) in [6.07, 6.45) is 0. The van der Waals surface area contributed by atoms with Crippen LogP contribution in [0.15, 0.2) is 18.2 Å². The van der Waals surface area contributed by atoms with E-state index in [0.717, 1.165) is 5.56 Å². The van der Waals surface area contributed by atoms with Crippen molar-refractivity contribution in [3.63, 3.8) is 0 Å². The summed E-state index contributed by atoms with van der Waals surface area (Å²) in [7, 11) is 1.53. The third-order valence-electron chi connectivity index (χ3n) is 2.62. The molecule has 2 N–H and O–H groups in total. The first-order valence-corrected chi connectivity index (χ1v) is 5.76. The lowest BCUT2D eigenvalue weighted by atomic mass is 10.1. The second-order valence-electron chi connectivity index (χ2n) is 3.87. The zero-order valence-corrected chi connectivity index (χ0v) is 10.5. The van der Waals surface area contributed by atoms with Gasteiger partial charge in [-0.1, -0.05) is 6.07 Å². The van der Waals surface area contributed by atoms with Crippen LogP contribution in [0, 0.1) is 11.3 Å². The summed E-state index contributed by atoms with van der Waals surface area (Å²) in [5.74, 6) is 0.553. The van der Waals surface area contributed by atoms with Gasteiger partial charge in [-0.25, -0.2) is 0 Å². The molecule has 0 saturated carbocycles. The number of nitrogens with zero attached hydrogens (tertiary/aromatic N) is 2. The summed E-state index contributed by atoms with van der Waals surface area (Å²) in [4.78, 5) is 1.92. The molecular formula is C13H18N2O3. The molecule has 0 aromatic heterocycles. The molecule has 18 heavy (non-hydrogen) atoms. The number of ether oxygens (including phenoxy) is 1. The van der Waals surface area contributed by atoms with Crippen LogP contribution < -0.4 is 4.74 Å². The van der Waals surface area contributed by atoms with Crippen LogP contribution in [0.4, 0.5) is 0 Å². The monoisotopic (exact) mass is 250 g/mol. The molecule has 0 aliphatic rings. The van der Waals surface area contributed by atoms with Gasteiger partial charge in [-0.05, 0) is 17.7 Å². The van der Waals surface area contributed by atoms with Gasteiger partial charge in [0.25, 0.3) is 0 Å². The van der Waals surface area contributed by atoms with Crippen LogP contribution in [0.2, 0.25) is 0 Å². The highest BCUT2D eigenvalue weighted by Crippen LogP contribution is 2.19. The fourth-order valence-corrected chi connectivity index (χ4v) is 1.75. The van der Waals surface area contributed by atoms with E-state index in [1.807, 2.05) is 11.0 Å². The molecule has 1 aromatic rings. The van der Waals surface area contributed by atoms with E-state index in [4.69, 9.17) is 20.2 Å². The molecule has 0 atom stereocenters. The van der Waals surface area contributed by atoms with E-state index in [2.05, 4.69) is 6.07 Å². The van der Waals surface area contributed by atoms with Crippen LogP contribution in [0.5, 0.6) is 5.75 Å². The van der Waals surface area contributed by atoms with Crippen LogP contribution in [0.3, 0.4) is 0 Å². The van der Waals surface area contributed by atoms with Crippen LogP contribution in [-0.2, 0) is 6.54 Å². The van der Waals surface area contributed by atoms with E-state index >= 15 is 0 Å². The molecule has 0 saturated heterocycles. The molecule has 0 unspecified atom stereocenters. The quantitative estimate of drug-likeness (QED) is 0.730. The van der Waals surface area contributed by atoms with Gasteiger partial charge in [-0.15, -0.1) is 0 Å². The fourth-order valence-electron chi connectivity index (χ4n) is 1.75. The number of methoxy groups -OCH3 is 1.